The standard InChI is InChI=1S/C14H16ClN5S/c1-9-10(2)21-13-11(9)12(18-14(15)19-13)17-4-3-6-20-7-5-16-8-20/h5,7-8H,3-4,6H2,1-2H3,(H,17,18,19). The number of anilines is 1. The lowest BCUT2D eigenvalue weighted by molar-refractivity contribution is 0.660. The molecule has 0 saturated carbocycles. The van der Waals surface area contributed by atoms with Crippen molar-refractivity contribution in [3.05, 3.63) is 34.4 Å². The molecule has 0 unspecified atom stereocenters. The summed E-state index contributed by atoms with van der Waals surface area (Å²) in [6.45, 7) is 5.95. The van der Waals surface area contributed by atoms with Crippen molar-refractivity contribution in [2.24, 2.45) is 0 Å². The van der Waals surface area contributed by atoms with Gasteiger partial charge in [0.2, 0.25) is 5.28 Å². The number of thiophene rings is 1. The van der Waals surface area contributed by atoms with Crippen LogP contribution in [0.2, 0.25) is 5.28 Å². The molecule has 5 nitrogen and oxygen atoms in total. The van der Waals surface area contributed by atoms with Crippen molar-refractivity contribution in [3.8, 4) is 0 Å². The molecule has 21 heavy (non-hydrogen) atoms. The molecule has 3 rings (SSSR count). The van der Waals surface area contributed by atoms with Crippen LogP contribution in [0.3, 0.4) is 0 Å². The monoisotopic (exact) mass is 321 g/mol. The van der Waals surface area contributed by atoms with Crippen molar-refractivity contribution in [1.82, 2.24) is 19.5 Å². The Kier molecular flexibility index (Phi) is 4.07. The van der Waals surface area contributed by atoms with Crippen molar-refractivity contribution in [2.75, 3.05) is 11.9 Å². The van der Waals surface area contributed by atoms with E-state index in [1.807, 2.05) is 12.5 Å². The molecule has 1 N–H and O–H groups in total. The van der Waals surface area contributed by atoms with Crippen LogP contribution in [0.25, 0.3) is 10.2 Å². The minimum absolute atomic E-state index is 0.292. The molecular weight excluding hydrogens is 306 g/mol. The van der Waals surface area contributed by atoms with Crippen LogP contribution in [-0.2, 0) is 6.54 Å². The summed E-state index contributed by atoms with van der Waals surface area (Å²) < 4.78 is 2.06. The molecule has 7 heteroatoms. The predicted octanol–water partition coefficient (Wildman–Crippen LogP) is 3.66. The number of fused-ring (bicyclic) bond motifs is 1. The summed E-state index contributed by atoms with van der Waals surface area (Å²) in [6.07, 6.45) is 6.57. The summed E-state index contributed by atoms with van der Waals surface area (Å²) in [5.41, 5.74) is 1.23. The van der Waals surface area contributed by atoms with Crippen LogP contribution in [0.1, 0.15) is 16.9 Å². The fraction of sp³-hybridized carbons (Fsp3) is 0.357. The second-order valence-electron chi connectivity index (χ2n) is 4.89. The van der Waals surface area contributed by atoms with Crippen LogP contribution >= 0.6 is 22.9 Å². The van der Waals surface area contributed by atoms with Gasteiger partial charge < -0.3 is 9.88 Å². The second-order valence-corrected chi connectivity index (χ2v) is 6.43. The summed E-state index contributed by atoms with van der Waals surface area (Å²) in [4.78, 5) is 14.9. The van der Waals surface area contributed by atoms with E-state index in [9.17, 15) is 0 Å². The van der Waals surface area contributed by atoms with E-state index in [1.165, 1.54) is 10.4 Å². The van der Waals surface area contributed by atoms with Gasteiger partial charge in [-0.3, -0.25) is 0 Å². The van der Waals surface area contributed by atoms with Gasteiger partial charge >= 0.3 is 0 Å². The first-order valence-electron chi connectivity index (χ1n) is 6.78. The van der Waals surface area contributed by atoms with E-state index in [1.54, 1.807) is 17.5 Å². The number of hydrogen-bond donors (Lipinski definition) is 1. The minimum Gasteiger partial charge on any atom is -0.369 e. The van der Waals surface area contributed by atoms with E-state index in [2.05, 4.69) is 38.7 Å². The first-order valence-corrected chi connectivity index (χ1v) is 7.97. The lowest BCUT2D eigenvalue weighted by atomic mass is 10.2. The van der Waals surface area contributed by atoms with Crippen LogP contribution < -0.4 is 5.32 Å². The van der Waals surface area contributed by atoms with E-state index >= 15 is 0 Å². The largest absolute Gasteiger partial charge is 0.369 e. The summed E-state index contributed by atoms with van der Waals surface area (Å²) in [5.74, 6) is 0.831. The van der Waals surface area contributed by atoms with Crippen molar-refractivity contribution in [1.29, 1.82) is 0 Å². The second kappa shape index (κ2) is 5.99. The van der Waals surface area contributed by atoms with Crippen LogP contribution in [0.5, 0.6) is 0 Å². The molecule has 0 amide bonds. The van der Waals surface area contributed by atoms with Gasteiger partial charge in [0.1, 0.15) is 10.6 Å². The highest BCUT2D eigenvalue weighted by atomic mass is 35.5. The molecule has 0 radical (unpaired) electrons. The van der Waals surface area contributed by atoms with Gasteiger partial charge in [0.05, 0.1) is 11.7 Å². The third-order valence-corrected chi connectivity index (χ3v) is 4.72. The number of nitrogens with one attached hydrogen (secondary N) is 1. The van der Waals surface area contributed by atoms with E-state index < -0.39 is 0 Å². The Morgan fingerprint density at radius 3 is 2.95 bits per heavy atom. The van der Waals surface area contributed by atoms with E-state index in [4.69, 9.17) is 11.6 Å². The predicted molar refractivity (Wildman–Crippen MR) is 87.2 cm³/mol. The van der Waals surface area contributed by atoms with E-state index in [-0.39, 0.29) is 0 Å². The number of imidazole rings is 1. The third-order valence-electron chi connectivity index (χ3n) is 3.45. The molecule has 0 spiro atoms. The van der Waals surface area contributed by atoms with E-state index in [0.717, 1.165) is 35.5 Å². The molecule has 110 valence electrons. The molecule has 0 saturated heterocycles. The highest BCUT2D eigenvalue weighted by molar-refractivity contribution is 7.18. The molecule has 0 bridgehead atoms. The topological polar surface area (TPSA) is 55.6 Å². The Balaban J connectivity index is 1.74. The zero-order valence-corrected chi connectivity index (χ0v) is 13.5. The fourth-order valence-electron chi connectivity index (χ4n) is 2.24. The van der Waals surface area contributed by atoms with Crippen molar-refractivity contribution in [2.45, 2.75) is 26.8 Å². The van der Waals surface area contributed by atoms with Crippen LogP contribution in [0.4, 0.5) is 5.82 Å². The van der Waals surface area contributed by atoms with Gasteiger partial charge in [-0.25, -0.2) is 15.0 Å². The summed E-state index contributed by atoms with van der Waals surface area (Å²) in [5, 5.41) is 4.76. The number of rotatable bonds is 5. The highest BCUT2D eigenvalue weighted by Gasteiger charge is 2.13. The summed E-state index contributed by atoms with van der Waals surface area (Å²) in [6, 6.07) is 0. The normalized spacial score (nSPS) is 11.2. The molecule has 0 atom stereocenters. The van der Waals surface area contributed by atoms with Gasteiger partial charge in [-0.05, 0) is 37.4 Å². The number of aryl methyl sites for hydroxylation is 3. The number of halogens is 1. The number of aromatic nitrogens is 4. The quantitative estimate of drug-likeness (QED) is 0.575. The number of hydrogen-bond acceptors (Lipinski definition) is 5. The Hall–Kier alpha value is -1.66. The van der Waals surface area contributed by atoms with E-state index in [0.29, 0.717) is 5.28 Å². The molecule has 3 aromatic heterocycles. The Bertz CT molecular complexity index is 750. The lowest BCUT2D eigenvalue weighted by Crippen LogP contribution is -2.07. The zero-order chi connectivity index (χ0) is 14.8. The Labute approximate surface area is 132 Å². The molecule has 0 aliphatic carbocycles. The third kappa shape index (κ3) is 3.01. The van der Waals surface area contributed by atoms with Crippen LogP contribution in [0, 0.1) is 13.8 Å². The fourth-order valence-corrected chi connectivity index (χ4v) is 3.49. The first-order chi connectivity index (χ1) is 10.1. The SMILES string of the molecule is Cc1sc2nc(Cl)nc(NCCCn3ccnc3)c2c1C. The van der Waals surface area contributed by atoms with Crippen molar-refractivity contribution < 1.29 is 0 Å². The average molecular weight is 322 g/mol. The molecular formula is C14H16ClN5S. The average Bonchev–Trinajstić information content (AvgIpc) is 3.04. The first kappa shape index (κ1) is 14.3. The van der Waals surface area contributed by atoms with Gasteiger partial charge in [0, 0.05) is 30.4 Å². The molecule has 0 aliphatic heterocycles. The summed E-state index contributed by atoms with van der Waals surface area (Å²) in [7, 11) is 0. The maximum absolute atomic E-state index is 6.01. The zero-order valence-electron chi connectivity index (χ0n) is 11.9. The maximum Gasteiger partial charge on any atom is 0.225 e. The van der Waals surface area contributed by atoms with Gasteiger partial charge in [-0.15, -0.1) is 11.3 Å². The van der Waals surface area contributed by atoms with Crippen LogP contribution in [-0.4, -0.2) is 26.1 Å². The molecule has 3 aromatic rings. The molecule has 0 fully saturated rings. The van der Waals surface area contributed by atoms with Crippen LogP contribution in [0.15, 0.2) is 18.7 Å². The van der Waals surface area contributed by atoms with Gasteiger partial charge in [-0.2, -0.15) is 0 Å². The van der Waals surface area contributed by atoms with Gasteiger partial charge in [0.25, 0.3) is 0 Å². The van der Waals surface area contributed by atoms with Crippen molar-refractivity contribution in [3.63, 3.8) is 0 Å². The smallest absolute Gasteiger partial charge is 0.225 e. The van der Waals surface area contributed by atoms with Gasteiger partial charge in [0.15, 0.2) is 0 Å². The minimum atomic E-state index is 0.292. The Morgan fingerprint density at radius 2 is 2.19 bits per heavy atom. The van der Waals surface area contributed by atoms with Crippen molar-refractivity contribution >= 4 is 39.0 Å². The molecule has 0 aromatic carbocycles. The molecule has 0 aliphatic rings. The molecule has 3 heterocycles. The van der Waals surface area contributed by atoms with Gasteiger partial charge in [-0.1, -0.05) is 0 Å². The number of nitrogens with zero attached hydrogens (tertiary/aromatic N) is 4. The summed E-state index contributed by atoms with van der Waals surface area (Å²) >= 11 is 7.67. The Morgan fingerprint density at radius 1 is 1.33 bits per heavy atom. The lowest BCUT2D eigenvalue weighted by Gasteiger charge is -2.08. The highest BCUT2D eigenvalue weighted by Crippen LogP contribution is 2.33. The maximum atomic E-state index is 6.01.